The maximum Gasteiger partial charge on any atom is 0.251 e. The molecule has 1 aliphatic heterocycles. The molecule has 0 aromatic heterocycles. The van der Waals surface area contributed by atoms with Crippen molar-refractivity contribution in [2.24, 2.45) is 5.92 Å². The average Bonchev–Trinajstić information content (AvgIpc) is 2.58. The molecule has 8 nitrogen and oxygen atoms in total. The van der Waals surface area contributed by atoms with Crippen LogP contribution in [0.5, 0.6) is 11.5 Å². The Morgan fingerprint density at radius 2 is 2.08 bits per heavy atom. The van der Waals surface area contributed by atoms with E-state index in [4.69, 9.17) is 9.47 Å². The third kappa shape index (κ3) is 5.50. The molecule has 3 N–H and O–H groups in total. The van der Waals surface area contributed by atoms with Gasteiger partial charge in [-0.25, -0.2) is 8.42 Å². The van der Waals surface area contributed by atoms with Gasteiger partial charge in [0.25, 0.3) is 5.91 Å². The Labute approximate surface area is 148 Å². The highest BCUT2D eigenvalue weighted by Crippen LogP contribution is 2.37. The molecule has 0 spiro atoms. The molecule has 2 rings (SSSR count). The van der Waals surface area contributed by atoms with Crippen LogP contribution in [-0.4, -0.2) is 54.4 Å². The van der Waals surface area contributed by atoms with Gasteiger partial charge in [0.15, 0.2) is 11.5 Å². The molecule has 1 saturated heterocycles. The van der Waals surface area contributed by atoms with E-state index in [0.29, 0.717) is 18.0 Å². The van der Waals surface area contributed by atoms with Gasteiger partial charge in [-0.1, -0.05) is 0 Å². The number of carbonyl (C=O) groups is 1. The predicted octanol–water partition coefficient (Wildman–Crippen LogP) is 0.805. The van der Waals surface area contributed by atoms with E-state index in [1.807, 2.05) is 0 Å². The lowest BCUT2D eigenvalue weighted by molar-refractivity contribution is 0.0944. The Morgan fingerprint density at radius 3 is 2.64 bits per heavy atom. The van der Waals surface area contributed by atoms with Crippen LogP contribution < -0.4 is 24.8 Å². The van der Waals surface area contributed by atoms with Crippen LogP contribution in [0.25, 0.3) is 0 Å². The first-order valence-electron chi connectivity index (χ1n) is 8.06. The SMILES string of the molecule is COc1cc(C(=O)NCC2CCCNC2)cc(NS(C)(=O)=O)c1OC. The van der Waals surface area contributed by atoms with Crippen LogP contribution >= 0.6 is 0 Å². The van der Waals surface area contributed by atoms with E-state index in [1.54, 1.807) is 0 Å². The summed E-state index contributed by atoms with van der Waals surface area (Å²) in [6, 6.07) is 2.97. The van der Waals surface area contributed by atoms with E-state index >= 15 is 0 Å². The molecule has 1 aromatic carbocycles. The van der Waals surface area contributed by atoms with E-state index in [-0.39, 0.29) is 23.1 Å². The number of hydrogen-bond donors (Lipinski definition) is 3. The summed E-state index contributed by atoms with van der Waals surface area (Å²) in [6.45, 7) is 2.46. The summed E-state index contributed by atoms with van der Waals surface area (Å²) in [4.78, 5) is 12.5. The number of amides is 1. The van der Waals surface area contributed by atoms with E-state index in [2.05, 4.69) is 15.4 Å². The molecular weight excluding hydrogens is 346 g/mol. The molecule has 9 heteroatoms. The van der Waals surface area contributed by atoms with Crippen LogP contribution in [0.15, 0.2) is 12.1 Å². The quantitative estimate of drug-likeness (QED) is 0.655. The number of nitrogens with one attached hydrogen (secondary N) is 3. The van der Waals surface area contributed by atoms with Gasteiger partial charge in [0.05, 0.1) is 26.2 Å². The van der Waals surface area contributed by atoms with Crippen molar-refractivity contribution in [1.82, 2.24) is 10.6 Å². The number of rotatable bonds is 7. The fourth-order valence-electron chi connectivity index (χ4n) is 2.81. The molecule has 0 aliphatic carbocycles. The van der Waals surface area contributed by atoms with Crippen LogP contribution in [-0.2, 0) is 10.0 Å². The van der Waals surface area contributed by atoms with Crippen molar-refractivity contribution in [3.05, 3.63) is 17.7 Å². The van der Waals surface area contributed by atoms with E-state index in [1.165, 1.54) is 26.4 Å². The topological polar surface area (TPSA) is 106 Å². The summed E-state index contributed by atoms with van der Waals surface area (Å²) < 4.78 is 35.9. The molecule has 1 heterocycles. The lowest BCUT2D eigenvalue weighted by Gasteiger charge is -2.23. The second-order valence-corrected chi connectivity index (χ2v) is 7.80. The summed E-state index contributed by atoms with van der Waals surface area (Å²) in [5, 5.41) is 6.20. The molecule has 25 heavy (non-hydrogen) atoms. The zero-order chi connectivity index (χ0) is 18.4. The molecular formula is C16H25N3O5S. The Morgan fingerprint density at radius 1 is 1.32 bits per heavy atom. The molecule has 1 aromatic rings. The summed E-state index contributed by atoms with van der Waals surface area (Å²) in [7, 11) is -0.700. The minimum absolute atomic E-state index is 0.161. The molecule has 0 radical (unpaired) electrons. The van der Waals surface area contributed by atoms with Crippen LogP contribution in [0.1, 0.15) is 23.2 Å². The average molecular weight is 371 g/mol. The number of sulfonamides is 1. The summed E-state index contributed by atoms with van der Waals surface area (Å²) in [5.41, 5.74) is 0.460. The van der Waals surface area contributed by atoms with Gasteiger partial charge in [0, 0.05) is 12.1 Å². The van der Waals surface area contributed by atoms with Crippen molar-refractivity contribution in [2.75, 3.05) is 44.8 Å². The number of benzene rings is 1. The van der Waals surface area contributed by atoms with Crippen LogP contribution in [0, 0.1) is 5.92 Å². The number of hydrogen-bond acceptors (Lipinski definition) is 6. The second-order valence-electron chi connectivity index (χ2n) is 6.06. The maximum atomic E-state index is 12.5. The normalized spacial score (nSPS) is 17.6. The zero-order valence-corrected chi connectivity index (χ0v) is 15.5. The third-order valence-corrected chi connectivity index (χ3v) is 4.58. The van der Waals surface area contributed by atoms with Crippen LogP contribution in [0.3, 0.4) is 0 Å². The zero-order valence-electron chi connectivity index (χ0n) is 14.7. The largest absolute Gasteiger partial charge is 0.493 e. The van der Waals surface area contributed by atoms with Crippen LogP contribution in [0.2, 0.25) is 0 Å². The molecule has 0 saturated carbocycles. The van der Waals surface area contributed by atoms with Crippen LogP contribution in [0.4, 0.5) is 5.69 Å². The van der Waals surface area contributed by atoms with Gasteiger partial charge in [-0.2, -0.15) is 0 Å². The number of anilines is 1. The minimum Gasteiger partial charge on any atom is -0.493 e. The first kappa shape index (κ1) is 19.3. The lowest BCUT2D eigenvalue weighted by atomic mass is 9.99. The van der Waals surface area contributed by atoms with Crippen molar-refractivity contribution in [1.29, 1.82) is 0 Å². The van der Waals surface area contributed by atoms with Crippen molar-refractivity contribution < 1.29 is 22.7 Å². The van der Waals surface area contributed by atoms with Crippen molar-refractivity contribution >= 4 is 21.6 Å². The van der Waals surface area contributed by atoms with Crippen molar-refractivity contribution in [3.8, 4) is 11.5 Å². The van der Waals surface area contributed by atoms with E-state index in [0.717, 1.165) is 32.2 Å². The van der Waals surface area contributed by atoms with Crippen molar-refractivity contribution in [3.63, 3.8) is 0 Å². The van der Waals surface area contributed by atoms with Gasteiger partial charge >= 0.3 is 0 Å². The first-order valence-corrected chi connectivity index (χ1v) is 9.96. The van der Waals surface area contributed by atoms with Gasteiger partial charge in [0.2, 0.25) is 10.0 Å². The highest BCUT2D eigenvalue weighted by molar-refractivity contribution is 7.92. The Balaban J connectivity index is 2.20. The number of methoxy groups -OCH3 is 2. The molecule has 0 bridgehead atoms. The number of piperidine rings is 1. The molecule has 1 aliphatic rings. The highest BCUT2D eigenvalue weighted by atomic mass is 32.2. The Kier molecular flexibility index (Phi) is 6.49. The Bertz CT molecular complexity index is 715. The number of ether oxygens (including phenoxy) is 2. The first-order chi connectivity index (χ1) is 11.8. The minimum atomic E-state index is -3.53. The summed E-state index contributed by atoms with van der Waals surface area (Å²) in [6.07, 6.45) is 3.20. The summed E-state index contributed by atoms with van der Waals surface area (Å²) in [5.74, 6) is 0.608. The molecule has 1 fully saturated rings. The standard InChI is InChI=1S/C16H25N3O5S/c1-23-14-8-12(7-13(15(14)24-2)19-25(3,21)22)16(20)18-10-11-5-4-6-17-9-11/h7-8,11,17,19H,4-6,9-10H2,1-3H3,(H,18,20). The van der Waals surface area contributed by atoms with Gasteiger partial charge in [0.1, 0.15) is 0 Å². The fraction of sp³-hybridized carbons (Fsp3) is 0.562. The van der Waals surface area contributed by atoms with Gasteiger partial charge < -0.3 is 20.1 Å². The second kappa shape index (κ2) is 8.39. The fourth-order valence-corrected chi connectivity index (χ4v) is 3.36. The monoisotopic (exact) mass is 371 g/mol. The number of carbonyl (C=O) groups excluding carboxylic acids is 1. The van der Waals surface area contributed by atoms with Gasteiger partial charge in [-0.05, 0) is 44.0 Å². The smallest absolute Gasteiger partial charge is 0.251 e. The summed E-state index contributed by atoms with van der Waals surface area (Å²) >= 11 is 0. The Hall–Kier alpha value is -2.00. The maximum absolute atomic E-state index is 12.5. The molecule has 1 atom stereocenters. The van der Waals surface area contributed by atoms with Gasteiger partial charge in [-0.15, -0.1) is 0 Å². The highest BCUT2D eigenvalue weighted by Gasteiger charge is 2.20. The van der Waals surface area contributed by atoms with Crippen molar-refractivity contribution in [2.45, 2.75) is 12.8 Å². The lowest BCUT2D eigenvalue weighted by Crippen LogP contribution is -2.38. The van der Waals surface area contributed by atoms with E-state index in [9.17, 15) is 13.2 Å². The molecule has 140 valence electrons. The third-order valence-electron chi connectivity index (χ3n) is 3.99. The van der Waals surface area contributed by atoms with E-state index < -0.39 is 10.0 Å². The molecule has 1 amide bonds. The molecule has 1 unspecified atom stereocenters. The predicted molar refractivity (Wildman–Crippen MR) is 95.9 cm³/mol. The van der Waals surface area contributed by atoms with Gasteiger partial charge in [-0.3, -0.25) is 9.52 Å².